The molecule has 1 aliphatic rings. The summed E-state index contributed by atoms with van der Waals surface area (Å²) in [6.07, 6.45) is 0. The van der Waals surface area contributed by atoms with Crippen molar-refractivity contribution in [1.82, 2.24) is 4.31 Å². The molecule has 0 bridgehead atoms. The monoisotopic (exact) mass is 322 g/mol. The van der Waals surface area contributed by atoms with E-state index in [9.17, 15) is 13.2 Å². The second kappa shape index (κ2) is 4.85. The lowest BCUT2D eigenvalue weighted by molar-refractivity contribution is 0.0839. The van der Waals surface area contributed by atoms with Crippen LogP contribution < -0.4 is 4.72 Å². The summed E-state index contributed by atoms with van der Waals surface area (Å²) in [6, 6.07) is 10.9. The van der Waals surface area contributed by atoms with E-state index in [-0.39, 0.29) is 0 Å². The molecule has 2 heterocycles. The van der Waals surface area contributed by atoms with Crippen molar-refractivity contribution >= 4 is 33.1 Å². The summed E-state index contributed by atoms with van der Waals surface area (Å²) < 4.78 is 27.6. The number of nitrogens with zero attached hydrogens (tertiary/aromatic N) is 1. The lowest BCUT2D eigenvalue weighted by Gasteiger charge is -2.29. The van der Waals surface area contributed by atoms with Gasteiger partial charge in [-0.2, -0.15) is 8.42 Å². The van der Waals surface area contributed by atoms with Gasteiger partial charge in [0.05, 0.1) is 5.69 Å². The van der Waals surface area contributed by atoms with Crippen molar-refractivity contribution in [3.8, 4) is 10.4 Å². The highest BCUT2D eigenvalue weighted by atomic mass is 32.2. The summed E-state index contributed by atoms with van der Waals surface area (Å²) in [7, 11) is -3.81. The molecule has 1 aliphatic heterocycles. The Morgan fingerprint density at radius 2 is 1.86 bits per heavy atom. The van der Waals surface area contributed by atoms with E-state index >= 15 is 0 Å². The fourth-order valence-corrected chi connectivity index (χ4v) is 4.86. The van der Waals surface area contributed by atoms with Crippen LogP contribution in [-0.2, 0) is 10.2 Å². The largest absolute Gasteiger partial charge is 0.326 e. The average Bonchev–Trinajstić information content (AvgIpc) is 2.82. The van der Waals surface area contributed by atoms with Crippen LogP contribution in [0.2, 0.25) is 0 Å². The van der Waals surface area contributed by atoms with E-state index in [0.717, 1.165) is 14.7 Å². The van der Waals surface area contributed by atoms with Gasteiger partial charge in [0, 0.05) is 10.9 Å². The number of amides is 1. The number of thiophene rings is 1. The van der Waals surface area contributed by atoms with Gasteiger partial charge >= 0.3 is 10.2 Å². The SMILES string of the molecule is CC(C)N1C(=O)c2sc(-c3ccccc3)cc2NS1(=O)=O. The number of anilines is 1. The van der Waals surface area contributed by atoms with Gasteiger partial charge in [0.15, 0.2) is 0 Å². The molecule has 0 radical (unpaired) electrons. The molecule has 21 heavy (non-hydrogen) atoms. The zero-order valence-corrected chi connectivity index (χ0v) is 13.2. The smallest absolute Gasteiger partial charge is 0.267 e. The van der Waals surface area contributed by atoms with Gasteiger partial charge in [0.2, 0.25) is 0 Å². The average molecular weight is 322 g/mol. The Bertz CT molecular complexity index is 795. The zero-order valence-electron chi connectivity index (χ0n) is 11.5. The normalized spacial score (nSPS) is 16.7. The van der Waals surface area contributed by atoms with Gasteiger partial charge in [0.25, 0.3) is 5.91 Å². The van der Waals surface area contributed by atoms with E-state index in [0.29, 0.717) is 10.6 Å². The molecule has 0 fully saturated rings. The molecule has 0 aliphatic carbocycles. The first-order valence-corrected chi connectivity index (χ1v) is 8.71. The second-order valence-corrected chi connectivity index (χ2v) is 7.62. The molecule has 0 atom stereocenters. The number of carbonyl (C=O) groups excluding carboxylic acids is 1. The minimum absolute atomic E-state index is 0.362. The van der Waals surface area contributed by atoms with Crippen molar-refractivity contribution < 1.29 is 13.2 Å². The van der Waals surface area contributed by atoms with Gasteiger partial charge in [-0.3, -0.25) is 9.52 Å². The van der Waals surface area contributed by atoms with Crippen molar-refractivity contribution in [2.24, 2.45) is 0 Å². The highest BCUT2D eigenvalue weighted by Crippen LogP contribution is 2.39. The summed E-state index contributed by atoms with van der Waals surface area (Å²) in [6.45, 7) is 3.35. The Labute approximate surface area is 127 Å². The summed E-state index contributed by atoms with van der Waals surface area (Å²) in [4.78, 5) is 13.7. The van der Waals surface area contributed by atoms with E-state index < -0.39 is 22.2 Å². The van der Waals surface area contributed by atoms with E-state index in [1.54, 1.807) is 19.9 Å². The third-order valence-electron chi connectivity index (χ3n) is 3.15. The maximum absolute atomic E-state index is 12.4. The predicted octanol–water partition coefficient (Wildman–Crippen LogP) is 2.94. The molecule has 3 rings (SSSR count). The van der Waals surface area contributed by atoms with Crippen molar-refractivity contribution in [2.45, 2.75) is 19.9 Å². The summed E-state index contributed by atoms with van der Waals surface area (Å²) in [5.74, 6) is -0.467. The lowest BCUT2D eigenvalue weighted by atomic mass is 10.2. The first kappa shape index (κ1) is 14.1. The first-order chi connectivity index (χ1) is 9.90. The quantitative estimate of drug-likeness (QED) is 0.924. The zero-order chi connectivity index (χ0) is 15.2. The molecule has 5 nitrogen and oxygen atoms in total. The van der Waals surface area contributed by atoms with Crippen LogP contribution in [0.25, 0.3) is 10.4 Å². The van der Waals surface area contributed by atoms with Crippen LogP contribution in [-0.4, -0.2) is 24.7 Å². The van der Waals surface area contributed by atoms with Crippen LogP contribution in [0, 0.1) is 0 Å². The van der Waals surface area contributed by atoms with Crippen LogP contribution >= 0.6 is 11.3 Å². The summed E-state index contributed by atoms with van der Waals surface area (Å²) in [5.41, 5.74) is 1.32. The van der Waals surface area contributed by atoms with Gasteiger partial charge in [-0.15, -0.1) is 11.3 Å². The molecule has 7 heteroatoms. The van der Waals surface area contributed by atoms with E-state index in [1.165, 1.54) is 11.3 Å². The number of nitrogens with one attached hydrogen (secondary N) is 1. The molecule has 1 aromatic heterocycles. The van der Waals surface area contributed by atoms with Crippen molar-refractivity contribution in [3.05, 3.63) is 41.3 Å². The first-order valence-electron chi connectivity index (χ1n) is 6.46. The Kier molecular flexibility index (Phi) is 3.26. The Morgan fingerprint density at radius 3 is 2.48 bits per heavy atom. The van der Waals surface area contributed by atoms with Crippen LogP contribution in [0.1, 0.15) is 23.5 Å². The van der Waals surface area contributed by atoms with Crippen LogP contribution in [0.3, 0.4) is 0 Å². The molecule has 0 saturated carbocycles. The minimum Gasteiger partial charge on any atom is -0.267 e. The Morgan fingerprint density at radius 1 is 1.19 bits per heavy atom. The number of benzene rings is 1. The molecular formula is C14H14N2O3S2. The Balaban J connectivity index is 2.11. The molecule has 1 amide bonds. The van der Waals surface area contributed by atoms with Crippen molar-refractivity contribution in [3.63, 3.8) is 0 Å². The van der Waals surface area contributed by atoms with Gasteiger partial charge in [-0.25, -0.2) is 4.31 Å². The highest BCUT2D eigenvalue weighted by molar-refractivity contribution is 7.91. The van der Waals surface area contributed by atoms with Crippen molar-refractivity contribution in [1.29, 1.82) is 0 Å². The number of fused-ring (bicyclic) bond motifs is 1. The fraction of sp³-hybridized carbons (Fsp3) is 0.214. The topological polar surface area (TPSA) is 66.5 Å². The van der Waals surface area contributed by atoms with Gasteiger partial charge < -0.3 is 0 Å². The molecule has 110 valence electrons. The molecule has 2 aromatic rings. The molecule has 1 N–H and O–H groups in total. The maximum Gasteiger partial charge on any atom is 0.326 e. The van der Waals surface area contributed by atoms with E-state index in [4.69, 9.17) is 0 Å². The lowest BCUT2D eigenvalue weighted by Crippen LogP contribution is -2.47. The number of rotatable bonds is 2. The third kappa shape index (κ3) is 2.32. The molecule has 0 spiro atoms. The van der Waals surface area contributed by atoms with Gasteiger partial charge in [-0.05, 0) is 25.5 Å². The molecule has 0 saturated heterocycles. The highest BCUT2D eigenvalue weighted by Gasteiger charge is 2.38. The standard InChI is InChI=1S/C14H14N2O3S2/c1-9(2)16-14(17)13-11(15-21(16,18)19)8-12(20-13)10-6-4-3-5-7-10/h3-9,15H,1-2H3. The Hall–Kier alpha value is -1.86. The molecule has 1 aromatic carbocycles. The second-order valence-electron chi connectivity index (χ2n) is 5.02. The minimum atomic E-state index is -3.81. The summed E-state index contributed by atoms with van der Waals surface area (Å²) >= 11 is 1.30. The third-order valence-corrected chi connectivity index (χ3v) is 5.91. The number of carbonyl (C=O) groups is 1. The van der Waals surface area contributed by atoms with Crippen LogP contribution in [0.4, 0.5) is 5.69 Å². The van der Waals surface area contributed by atoms with Gasteiger partial charge in [0.1, 0.15) is 4.88 Å². The van der Waals surface area contributed by atoms with E-state index in [1.807, 2.05) is 30.3 Å². The maximum atomic E-state index is 12.4. The number of hydrogen-bond acceptors (Lipinski definition) is 4. The molecular weight excluding hydrogens is 308 g/mol. The van der Waals surface area contributed by atoms with Crippen LogP contribution in [0.15, 0.2) is 36.4 Å². The van der Waals surface area contributed by atoms with Crippen LogP contribution in [0.5, 0.6) is 0 Å². The van der Waals surface area contributed by atoms with Gasteiger partial charge in [-0.1, -0.05) is 30.3 Å². The predicted molar refractivity (Wildman–Crippen MR) is 83.6 cm³/mol. The molecule has 0 unspecified atom stereocenters. The number of hydrogen-bond donors (Lipinski definition) is 1. The fourth-order valence-electron chi connectivity index (χ4n) is 2.28. The van der Waals surface area contributed by atoms with E-state index in [2.05, 4.69) is 4.72 Å². The van der Waals surface area contributed by atoms with Crippen molar-refractivity contribution in [2.75, 3.05) is 4.72 Å². The summed E-state index contributed by atoms with van der Waals surface area (Å²) in [5, 5.41) is 0.